The Morgan fingerprint density at radius 2 is 0.727 bits per heavy atom. The fraction of sp³-hybridized carbons (Fsp3) is 0.868. The zero-order valence-electron chi connectivity index (χ0n) is 51.6. The number of likely N-dealkylation sites (N-methyl/N-ethyl adjacent to an activating group) is 1. The number of hydrogen-bond acceptors (Lipinski definition) is 8. The Hall–Kier alpha value is -2.49. The lowest BCUT2D eigenvalue weighted by molar-refractivity contribution is -0.870. The molecule has 2 unspecified atom stereocenters. The molecule has 9 heteroatoms. The van der Waals surface area contributed by atoms with Crippen molar-refractivity contribution in [2.24, 2.45) is 0 Å². The molecular weight excluding hydrogens is 959 g/mol. The SMILES string of the molecule is CCC/C=C\C/C=C\CCCCCCCC(=O)OC(COC(=O)CCCCCCCCCCCCCCCCCCCCCCCCCCCCC/C=C\CCCCCCCCCC)COC(OCC[N+](C)(C)C)C(=O)[O-]. The maximum absolute atomic E-state index is 12.8. The van der Waals surface area contributed by atoms with Gasteiger partial charge in [-0.2, -0.15) is 0 Å². The number of quaternary nitrogens is 1. The van der Waals surface area contributed by atoms with E-state index >= 15 is 0 Å². The van der Waals surface area contributed by atoms with Crippen LogP contribution in [0.3, 0.4) is 0 Å². The van der Waals surface area contributed by atoms with E-state index in [1.165, 1.54) is 225 Å². The van der Waals surface area contributed by atoms with Crippen LogP contribution in [0, 0.1) is 0 Å². The van der Waals surface area contributed by atoms with Gasteiger partial charge in [0.1, 0.15) is 13.2 Å². The first kappa shape index (κ1) is 74.5. The topological polar surface area (TPSA) is 111 Å². The summed E-state index contributed by atoms with van der Waals surface area (Å²) in [5.41, 5.74) is 0. The van der Waals surface area contributed by atoms with Crippen LogP contribution in [0.1, 0.15) is 322 Å². The van der Waals surface area contributed by atoms with Crippen molar-refractivity contribution >= 4 is 17.9 Å². The highest BCUT2D eigenvalue weighted by atomic mass is 16.7. The monoisotopic (exact) mass is 1090 g/mol. The van der Waals surface area contributed by atoms with Crippen LogP contribution >= 0.6 is 0 Å². The van der Waals surface area contributed by atoms with E-state index in [2.05, 4.69) is 50.3 Å². The predicted molar refractivity (Wildman–Crippen MR) is 325 cm³/mol. The third-order valence-electron chi connectivity index (χ3n) is 14.8. The number of carboxylic acids is 1. The van der Waals surface area contributed by atoms with E-state index in [0.29, 0.717) is 23.9 Å². The molecule has 77 heavy (non-hydrogen) atoms. The Kier molecular flexibility index (Phi) is 57.7. The lowest BCUT2D eigenvalue weighted by atomic mass is 10.0. The molecule has 0 saturated carbocycles. The Morgan fingerprint density at radius 3 is 1.09 bits per heavy atom. The van der Waals surface area contributed by atoms with Crippen molar-refractivity contribution in [3.63, 3.8) is 0 Å². The number of carbonyl (C=O) groups excluding carboxylic acids is 3. The van der Waals surface area contributed by atoms with Gasteiger partial charge >= 0.3 is 11.9 Å². The highest BCUT2D eigenvalue weighted by Crippen LogP contribution is 2.18. The molecule has 0 N–H and O–H groups in total. The van der Waals surface area contributed by atoms with Gasteiger partial charge in [-0.3, -0.25) is 9.59 Å². The summed E-state index contributed by atoms with van der Waals surface area (Å²) in [6.45, 7) is 4.70. The molecule has 0 heterocycles. The van der Waals surface area contributed by atoms with Gasteiger partial charge in [-0.1, -0.05) is 281 Å². The number of nitrogens with zero attached hydrogens (tertiary/aromatic N) is 1. The van der Waals surface area contributed by atoms with Crippen LogP contribution in [-0.2, 0) is 33.3 Å². The summed E-state index contributed by atoms with van der Waals surface area (Å²) in [6.07, 6.45) is 71.2. The zero-order valence-corrected chi connectivity index (χ0v) is 51.6. The fourth-order valence-corrected chi connectivity index (χ4v) is 9.75. The first-order valence-corrected chi connectivity index (χ1v) is 33.1. The minimum atomic E-state index is -1.62. The van der Waals surface area contributed by atoms with Gasteiger partial charge < -0.3 is 33.3 Å². The number of rotatable bonds is 62. The lowest BCUT2D eigenvalue weighted by Gasteiger charge is -2.26. The molecule has 0 bridgehead atoms. The molecule has 0 spiro atoms. The molecule has 2 atom stereocenters. The molecule has 0 saturated heterocycles. The number of unbranched alkanes of at least 4 members (excludes halogenated alkanes) is 41. The van der Waals surface area contributed by atoms with E-state index in [1.54, 1.807) is 0 Å². The van der Waals surface area contributed by atoms with Crippen LogP contribution in [0.15, 0.2) is 36.5 Å². The minimum Gasteiger partial charge on any atom is -0.545 e. The summed E-state index contributed by atoms with van der Waals surface area (Å²) in [5, 5.41) is 11.8. The maximum Gasteiger partial charge on any atom is 0.306 e. The average molecular weight is 1090 g/mol. The Morgan fingerprint density at radius 1 is 0.390 bits per heavy atom. The summed E-state index contributed by atoms with van der Waals surface area (Å²) >= 11 is 0. The average Bonchev–Trinajstić information content (AvgIpc) is 3.40. The molecule has 0 aliphatic carbocycles. The molecule has 0 aliphatic heterocycles. The second kappa shape index (κ2) is 59.6. The van der Waals surface area contributed by atoms with E-state index in [1.807, 2.05) is 21.1 Å². The molecule has 0 fully saturated rings. The van der Waals surface area contributed by atoms with E-state index in [9.17, 15) is 19.5 Å². The third kappa shape index (κ3) is 61.0. The van der Waals surface area contributed by atoms with Crippen molar-refractivity contribution in [2.45, 2.75) is 334 Å². The van der Waals surface area contributed by atoms with Gasteiger partial charge in [0.05, 0.1) is 40.3 Å². The Labute approximate surface area is 477 Å². The third-order valence-corrected chi connectivity index (χ3v) is 14.8. The second-order valence-electron chi connectivity index (χ2n) is 23.8. The van der Waals surface area contributed by atoms with Gasteiger partial charge in [0.2, 0.25) is 0 Å². The molecule has 0 aromatic heterocycles. The molecule has 0 aliphatic rings. The molecule has 0 amide bonds. The van der Waals surface area contributed by atoms with Gasteiger partial charge in [-0.25, -0.2) is 0 Å². The van der Waals surface area contributed by atoms with Crippen molar-refractivity contribution in [1.82, 2.24) is 0 Å². The predicted octanol–water partition coefficient (Wildman–Crippen LogP) is 18.7. The number of allylic oxidation sites excluding steroid dienone is 6. The van der Waals surface area contributed by atoms with Gasteiger partial charge in [0.15, 0.2) is 12.4 Å². The molecule has 9 nitrogen and oxygen atoms in total. The Bertz CT molecular complexity index is 1360. The van der Waals surface area contributed by atoms with Crippen LogP contribution in [0.4, 0.5) is 0 Å². The molecule has 452 valence electrons. The number of carbonyl (C=O) groups is 3. The highest BCUT2D eigenvalue weighted by molar-refractivity contribution is 5.70. The van der Waals surface area contributed by atoms with Crippen molar-refractivity contribution in [2.75, 3.05) is 47.5 Å². The van der Waals surface area contributed by atoms with Crippen LogP contribution in [0.2, 0.25) is 0 Å². The largest absolute Gasteiger partial charge is 0.545 e. The fourth-order valence-electron chi connectivity index (χ4n) is 9.75. The van der Waals surface area contributed by atoms with Crippen molar-refractivity contribution in [1.29, 1.82) is 0 Å². The van der Waals surface area contributed by atoms with Crippen LogP contribution in [0.5, 0.6) is 0 Å². The van der Waals surface area contributed by atoms with Crippen molar-refractivity contribution in [3.8, 4) is 0 Å². The van der Waals surface area contributed by atoms with Gasteiger partial charge in [0, 0.05) is 12.8 Å². The quantitative estimate of drug-likeness (QED) is 0.0195. The number of esters is 2. The standard InChI is InChI=1S/C68H127NO8/c1-6-8-10-12-14-16-18-20-21-22-23-24-25-26-27-28-29-30-31-32-33-34-35-36-37-38-39-40-41-42-43-44-45-47-48-50-52-54-56-58-65(70)75-62-64(63-76-68(67(72)73)74-61-60-69(3,4)5)77-66(71)59-57-55-53-51-49-46-19-17-15-13-11-9-7-2/h11,13,17,19,22-23,64,68H,6-10,12,14-16,18,20-21,24-63H2,1-5H3/b13-11-,19-17-,23-22-. The molecular formula is C68H127NO8. The Balaban J connectivity index is 3.88. The van der Waals surface area contributed by atoms with Gasteiger partial charge in [-0.15, -0.1) is 0 Å². The number of aliphatic carboxylic acids is 1. The molecule has 0 radical (unpaired) electrons. The van der Waals surface area contributed by atoms with Gasteiger partial charge in [-0.05, 0) is 64.2 Å². The molecule has 0 aromatic rings. The minimum absolute atomic E-state index is 0.146. The summed E-state index contributed by atoms with van der Waals surface area (Å²) in [4.78, 5) is 37.2. The first-order chi connectivity index (χ1) is 37.6. The smallest absolute Gasteiger partial charge is 0.306 e. The van der Waals surface area contributed by atoms with E-state index in [0.717, 1.165) is 64.2 Å². The zero-order chi connectivity index (χ0) is 56.2. The van der Waals surface area contributed by atoms with E-state index < -0.39 is 24.3 Å². The van der Waals surface area contributed by atoms with Gasteiger partial charge in [0.25, 0.3) is 0 Å². The van der Waals surface area contributed by atoms with Crippen LogP contribution in [-0.4, -0.2) is 82.3 Å². The van der Waals surface area contributed by atoms with Crippen LogP contribution < -0.4 is 5.11 Å². The first-order valence-electron chi connectivity index (χ1n) is 33.1. The lowest BCUT2D eigenvalue weighted by Crippen LogP contribution is -2.44. The maximum atomic E-state index is 12.8. The number of carboxylic acid groups (broad SMARTS) is 1. The van der Waals surface area contributed by atoms with Crippen LogP contribution in [0.25, 0.3) is 0 Å². The summed E-state index contributed by atoms with van der Waals surface area (Å²) in [7, 11) is 5.92. The number of hydrogen-bond donors (Lipinski definition) is 0. The summed E-state index contributed by atoms with van der Waals surface area (Å²) < 4.78 is 22.7. The molecule has 0 rings (SSSR count). The normalized spacial score (nSPS) is 12.9. The van der Waals surface area contributed by atoms with Crippen molar-refractivity contribution in [3.05, 3.63) is 36.5 Å². The summed E-state index contributed by atoms with van der Waals surface area (Å²) in [5.74, 6) is -2.29. The van der Waals surface area contributed by atoms with E-state index in [-0.39, 0.29) is 32.2 Å². The highest BCUT2D eigenvalue weighted by Gasteiger charge is 2.22. The molecule has 0 aromatic carbocycles. The van der Waals surface area contributed by atoms with E-state index in [4.69, 9.17) is 18.9 Å². The second-order valence-corrected chi connectivity index (χ2v) is 23.8. The summed E-state index contributed by atoms with van der Waals surface area (Å²) in [6, 6.07) is 0. The number of ether oxygens (including phenoxy) is 4. The van der Waals surface area contributed by atoms with Crippen molar-refractivity contribution < 1.29 is 42.9 Å².